The first kappa shape index (κ1) is 13.7. The molecule has 102 valence electrons. The fraction of sp³-hybridized carbons (Fsp3) is 0. The van der Waals surface area contributed by atoms with Crippen molar-refractivity contribution in [2.45, 2.75) is 0 Å². The minimum Gasteiger partial charge on any atom is -0.267 e. The Morgan fingerprint density at radius 1 is 1.19 bits per heavy atom. The van der Waals surface area contributed by atoms with Crippen LogP contribution in [0.1, 0.15) is 5.56 Å². The maximum atomic E-state index is 8.95. The molecule has 0 spiro atoms. The van der Waals surface area contributed by atoms with E-state index in [4.69, 9.17) is 17.5 Å². The van der Waals surface area contributed by atoms with Gasteiger partial charge in [-0.15, -0.1) is 0 Å². The number of H-pyrrole nitrogens is 1. The number of aromatic nitrogens is 3. The van der Waals surface area contributed by atoms with Gasteiger partial charge in [-0.05, 0) is 46.3 Å². The molecular formula is C15H9BrN4S. The molecule has 1 N–H and O–H groups in total. The molecule has 0 saturated carbocycles. The Morgan fingerprint density at radius 2 is 1.95 bits per heavy atom. The smallest absolute Gasteiger partial charge is 0.200 e. The van der Waals surface area contributed by atoms with E-state index in [-0.39, 0.29) is 0 Å². The molecule has 0 radical (unpaired) electrons. The summed E-state index contributed by atoms with van der Waals surface area (Å²) in [6.45, 7) is 0. The lowest BCUT2D eigenvalue weighted by molar-refractivity contribution is 1.03. The van der Waals surface area contributed by atoms with E-state index in [1.807, 2.05) is 41.0 Å². The van der Waals surface area contributed by atoms with E-state index in [0.717, 1.165) is 21.5 Å². The van der Waals surface area contributed by atoms with Crippen LogP contribution in [-0.2, 0) is 0 Å². The number of aromatic amines is 1. The van der Waals surface area contributed by atoms with Gasteiger partial charge in [0.25, 0.3) is 0 Å². The molecule has 1 heterocycles. The zero-order valence-electron chi connectivity index (χ0n) is 10.7. The number of hydrogen-bond donors (Lipinski definition) is 1. The topological polar surface area (TPSA) is 57.4 Å². The number of nitrogens with zero attached hydrogens (tertiary/aromatic N) is 3. The van der Waals surface area contributed by atoms with Crippen molar-refractivity contribution in [2.75, 3.05) is 0 Å². The third-order valence-electron chi connectivity index (χ3n) is 3.02. The molecule has 4 nitrogen and oxygen atoms in total. The molecule has 21 heavy (non-hydrogen) atoms. The summed E-state index contributed by atoms with van der Waals surface area (Å²) in [6, 6.07) is 17.3. The first-order valence-corrected chi connectivity index (χ1v) is 7.33. The van der Waals surface area contributed by atoms with Crippen LogP contribution < -0.4 is 0 Å². The zero-order chi connectivity index (χ0) is 14.8. The molecule has 6 heteroatoms. The van der Waals surface area contributed by atoms with E-state index in [0.29, 0.717) is 10.3 Å². The van der Waals surface area contributed by atoms with Gasteiger partial charge in [-0.25, -0.2) is 0 Å². The molecule has 0 aliphatic carbocycles. The predicted octanol–water partition coefficient (Wildman–Crippen LogP) is 4.23. The molecule has 2 aromatic carbocycles. The maximum absolute atomic E-state index is 8.95. The van der Waals surface area contributed by atoms with Crippen LogP contribution in [0, 0.1) is 16.1 Å². The van der Waals surface area contributed by atoms with Crippen molar-refractivity contribution >= 4 is 28.1 Å². The highest BCUT2D eigenvalue weighted by Crippen LogP contribution is 2.27. The molecule has 0 unspecified atom stereocenters. The van der Waals surface area contributed by atoms with E-state index >= 15 is 0 Å². The summed E-state index contributed by atoms with van der Waals surface area (Å²) in [5.41, 5.74) is 2.38. The van der Waals surface area contributed by atoms with Gasteiger partial charge in [0.15, 0.2) is 10.6 Å². The molecule has 0 aliphatic rings. The summed E-state index contributed by atoms with van der Waals surface area (Å²) in [5.74, 6) is 0.728. The normalized spacial score (nSPS) is 10.3. The summed E-state index contributed by atoms with van der Waals surface area (Å²) in [6.07, 6.45) is 0. The highest BCUT2D eigenvalue weighted by molar-refractivity contribution is 9.10. The number of nitrogens with one attached hydrogen (secondary N) is 1. The molecule has 0 amide bonds. The summed E-state index contributed by atoms with van der Waals surface area (Å²) in [7, 11) is 0. The van der Waals surface area contributed by atoms with Crippen LogP contribution in [0.5, 0.6) is 0 Å². The molecule has 3 rings (SSSR count). The summed E-state index contributed by atoms with van der Waals surface area (Å²) >= 11 is 8.83. The standard InChI is InChI=1S/C15H9BrN4S/c16-12-8-10(9-17)6-7-13(12)20-14(18-19-15(20)21)11-4-2-1-3-5-11/h1-8H,(H,19,21). The van der Waals surface area contributed by atoms with Gasteiger partial charge in [0.1, 0.15) is 0 Å². The second-order valence-corrected chi connectivity index (χ2v) is 5.57. The third-order valence-corrected chi connectivity index (χ3v) is 3.93. The van der Waals surface area contributed by atoms with Crippen molar-refractivity contribution in [1.29, 1.82) is 5.26 Å². The van der Waals surface area contributed by atoms with Gasteiger partial charge in [-0.1, -0.05) is 30.3 Å². The molecular weight excluding hydrogens is 348 g/mol. The molecule has 3 aromatic rings. The van der Waals surface area contributed by atoms with Crippen molar-refractivity contribution in [3.63, 3.8) is 0 Å². The van der Waals surface area contributed by atoms with E-state index in [1.54, 1.807) is 12.1 Å². The highest BCUT2D eigenvalue weighted by atomic mass is 79.9. The van der Waals surface area contributed by atoms with Gasteiger partial charge in [0, 0.05) is 10.0 Å². The summed E-state index contributed by atoms with van der Waals surface area (Å²) in [5, 5.41) is 16.1. The van der Waals surface area contributed by atoms with E-state index in [9.17, 15) is 0 Å². The largest absolute Gasteiger partial charge is 0.267 e. The minimum atomic E-state index is 0.499. The van der Waals surface area contributed by atoms with Crippen molar-refractivity contribution in [2.24, 2.45) is 0 Å². The Bertz CT molecular complexity index is 890. The molecule has 0 saturated heterocycles. The Hall–Kier alpha value is -2.23. The second-order valence-electron chi connectivity index (χ2n) is 4.33. The first-order chi connectivity index (χ1) is 10.2. The SMILES string of the molecule is N#Cc1ccc(-n2c(-c3ccccc3)n[nH]c2=S)c(Br)c1. The lowest BCUT2D eigenvalue weighted by Crippen LogP contribution is -1.99. The quantitative estimate of drug-likeness (QED) is 0.699. The van der Waals surface area contributed by atoms with Crippen LogP contribution in [0.3, 0.4) is 0 Å². The average molecular weight is 357 g/mol. The lowest BCUT2D eigenvalue weighted by atomic mass is 10.2. The first-order valence-electron chi connectivity index (χ1n) is 6.13. The van der Waals surface area contributed by atoms with Gasteiger partial charge in [0.2, 0.25) is 0 Å². The van der Waals surface area contributed by atoms with Crippen molar-refractivity contribution < 1.29 is 0 Å². The molecule has 0 atom stereocenters. The fourth-order valence-electron chi connectivity index (χ4n) is 2.06. The minimum absolute atomic E-state index is 0.499. The number of nitriles is 1. The number of halogens is 1. The highest BCUT2D eigenvalue weighted by Gasteiger charge is 2.13. The number of benzene rings is 2. The van der Waals surface area contributed by atoms with Gasteiger partial charge in [-0.3, -0.25) is 9.67 Å². The van der Waals surface area contributed by atoms with E-state index < -0.39 is 0 Å². The molecule has 1 aromatic heterocycles. The van der Waals surface area contributed by atoms with E-state index in [2.05, 4.69) is 32.2 Å². The summed E-state index contributed by atoms with van der Waals surface area (Å²) < 4.78 is 3.13. The van der Waals surface area contributed by atoms with Gasteiger partial charge < -0.3 is 0 Å². The average Bonchev–Trinajstić information content (AvgIpc) is 2.89. The Kier molecular flexibility index (Phi) is 3.69. The van der Waals surface area contributed by atoms with Crippen molar-refractivity contribution in [1.82, 2.24) is 14.8 Å². The van der Waals surface area contributed by atoms with Crippen LogP contribution in [0.25, 0.3) is 17.1 Å². The summed E-state index contributed by atoms with van der Waals surface area (Å²) in [4.78, 5) is 0. The maximum Gasteiger partial charge on any atom is 0.200 e. The fourth-order valence-corrected chi connectivity index (χ4v) is 2.85. The number of hydrogen-bond acceptors (Lipinski definition) is 3. The molecule has 0 aliphatic heterocycles. The van der Waals surface area contributed by atoms with Gasteiger partial charge in [0.05, 0.1) is 17.3 Å². The number of rotatable bonds is 2. The predicted molar refractivity (Wildman–Crippen MR) is 86.6 cm³/mol. The van der Waals surface area contributed by atoms with Crippen LogP contribution in [0.15, 0.2) is 53.0 Å². The zero-order valence-corrected chi connectivity index (χ0v) is 13.1. The van der Waals surface area contributed by atoms with Crippen molar-refractivity contribution in [3.8, 4) is 23.1 Å². The van der Waals surface area contributed by atoms with Crippen LogP contribution in [-0.4, -0.2) is 14.8 Å². The van der Waals surface area contributed by atoms with Crippen molar-refractivity contribution in [3.05, 3.63) is 63.3 Å². The van der Waals surface area contributed by atoms with Gasteiger partial charge in [-0.2, -0.15) is 10.4 Å². The Morgan fingerprint density at radius 3 is 2.62 bits per heavy atom. The van der Waals surface area contributed by atoms with Crippen LogP contribution in [0.2, 0.25) is 0 Å². The van der Waals surface area contributed by atoms with Gasteiger partial charge >= 0.3 is 0 Å². The second kappa shape index (κ2) is 5.64. The third kappa shape index (κ3) is 2.53. The Balaban J connectivity index is 2.23. The Labute approximate surface area is 134 Å². The molecule has 0 fully saturated rings. The lowest BCUT2D eigenvalue weighted by Gasteiger charge is -2.09. The van der Waals surface area contributed by atoms with Crippen LogP contribution >= 0.6 is 28.1 Å². The van der Waals surface area contributed by atoms with Crippen LogP contribution in [0.4, 0.5) is 0 Å². The van der Waals surface area contributed by atoms with E-state index in [1.165, 1.54) is 0 Å². The monoisotopic (exact) mass is 356 g/mol. The molecule has 0 bridgehead atoms.